The van der Waals surface area contributed by atoms with E-state index >= 15 is 0 Å². The molecule has 144 valence electrons. The standard InChI is InChI=1S/C19H18ClN5O2S/c1-12(26)18(23-21-15-8-6-14(20)7-9-15)28-19-24-22-17(25(19)2)13-4-10-16(27-3)11-5-13/h4-11,21H,1-3H3/b23-18-. The third-order valence-corrected chi connectivity index (χ3v) is 5.17. The van der Waals surface area contributed by atoms with Crippen molar-refractivity contribution in [2.75, 3.05) is 12.5 Å². The molecular weight excluding hydrogens is 398 g/mol. The normalized spacial score (nSPS) is 11.4. The van der Waals surface area contributed by atoms with E-state index in [9.17, 15) is 4.79 Å². The summed E-state index contributed by atoms with van der Waals surface area (Å²) in [7, 11) is 3.46. The van der Waals surface area contributed by atoms with Gasteiger partial charge in [-0.1, -0.05) is 11.6 Å². The Hall–Kier alpha value is -2.84. The van der Waals surface area contributed by atoms with Crippen LogP contribution in [-0.2, 0) is 11.8 Å². The number of halogens is 1. The number of rotatable bonds is 6. The molecule has 0 bridgehead atoms. The van der Waals surface area contributed by atoms with Gasteiger partial charge in [-0.25, -0.2) is 0 Å². The Morgan fingerprint density at radius 1 is 1.14 bits per heavy atom. The summed E-state index contributed by atoms with van der Waals surface area (Å²) in [6.45, 7) is 1.45. The summed E-state index contributed by atoms with van der Waals surface area (Å²) in [5, 5.41) is 14.1. The number of carbonyl (C=O) groups excluding carboxylic acids is 1. The van der Waals surface area contributed by atoms with Gasteiger partial charge in [0.25, 0.3) is 0 Å². The second-order valence-corrected chi connectivity index (χ2v) is 7.18. The van der Waals surface area contributed by atoms with E-state index in [1.54, 1.807) is 31.4 Å². The lowest BCUT2D eigenvalue weighted by Crippen LogP contribution is -2.09. The molecule has 9 heteroatoms. The fourth-order valence-electron chi connectivity index (χ4n) is 2.29. The molecule has 3 aromatic rings. The number of ketones is 1. The number of carbonyl (C=O) groups is 1. The number of hydrogen-bond donors (Lipinski definition) is 1. The maximum Gasteiger partial charge on any atom is 0.197 e. The zero-order valence-electron chi connectivity index (χ0n) is 15.5. The summed E-state index contributed by atoms with van der Waals surface area (Å²) in [6.07, 6.45) is 0. The number of thioether (sulfide) groups is 1. The molecule has 0 aliphatic carbocycles. The van der Waals surface area contributed by atoms with Crippen molar-refractivity contribution in [1.29, 1.82) is 0 Å². The molecule has 3 rings (SSSR count). The topological polar surface area (TPSA) is 81.4 Å². The Balaban J connectivity index is 1.79. The maximum absolute atomic E-state index is 12.0. The molecule has 0 aliphatic rings. The molecule has 0 fully saturated rings. The molecule has 0 aliphatic heterocycles. The molecule has 1 N–H and O–H groups in total. The van der Waals surface area contributed by atoms with Gasteiger partial charge in [0.05, 0.1) is 12.8 Å². The largest absolute Gasteiger partial charge is 0.497 e. The number of benzene rings is 2. The zero-order chi connectivity index (χ0) is 20.1. The van der Waals surface area contributed by atoms with Crippen molar-refractivity contribution in [3.8, 4) is 17.1 Å². The smallest absolute Gasteiger partial charge is 0.197 e. The second kappa shape index (κ2) is 8.90. The van der Waals surface area contributed by atoms with Crippen LogP contribution in [0.1, 0.15) is 6.92 Å². The van der Waals surface area contributed by atoms with Gasteiger partial charge in [0.15, 0.2) is 21.8 Å². The molecule has 0 saturated carbocycles. The average molecular weight is 416 g/mol. The Bertz CT molecular complexity index is 1000. The third-order valence-electron chi connectivity index (χ3n) is 3.80. The van der Waals surface area contributed by atoms with Gasteiger partial charge < -0.3 is 9.30 Å². The Labute approximate surface area is 171 Å². The van der Waals surface area contributed by atoms with E-state index in [0.29, 0.717) is 16.0 Å². The van der Waals surface area contributed by atoms with Gasteiger partial charge >= 0.3 is 0 Å². The lowest BCUT2D eigenvalue weighted by molar-refractivity contribution is -0.110. The van der Waals surface area contributed by atoms with Crippen LogP contribution in [0.3, 0.4) is 0 Å². The van der Waals surface area contributed by atoms with E-state index in [0.717, 1.165) is 28.8 Å². The van der Waals surface area contributed by atoms with Crippen LogP contribution >= 0.6 is 23.4 Å². The predicted octanol–water partition coefficient (Wildman–Crippen LogP) is 4.25. The van der Waals surface area contributed by atoms with Gasteiger partial charge in [-0.2, -0.15) is 5.10 Å². The van der Waals surface area contributed by atoms with E-state index < -0.39 is 0 Å². The monoisotopic (exact) mass is 415 g/mol. The fourth-order valence-corrected chi connectivity index (χ4v) is 3.13. The number of nitrogens with one attached hydrogen (secondary N) is 1. The van der Waals surface area contributed by atoms with Gasteiger partial charge in [-0.3, -0.25) is 10.2 Å². The van der Waals surface area contributed by atoms with Crippen molar-refractivity contribution >= 4 is 39.9 Å². The number of Topliss-reactive ketones (excluding diaryl/α,β-unsaturated/α-hetero) is 1. The highest BCUT2D eigenvalue weighted by atomic mass is 35.5. The van der Waals surface area contributed by atoms with E-state index in [2.05, 4.69) is 20.7 Å². The van der Waals surface area contributed by atoms with E-state index in [-0.39, 0.29) is 10.8 Å². The van der Waals surface area contributed by atoms with Gasteiger partial charge in [-0.15, -0.1) is 10.2 Å². The van der Waals surface area contributed by atoms with Gasteiger partial charge in [0.2, 0.25) is 0 Å². The van der Waals surface area contributed by atoms with Crippen LogP contribution in [0, 0.1) is 0 Å². The molecule has 0 saturated heterocycles. The van der Waals surface area contributed by atoms with Crippen LogP contribution in [0.15, 0.2) is 58.8 Å². The summed E-state index contributed by atoms with van der Waals surface area (Å²) in [6, 6.07) is 14.5. The first kappa shape index (κ1) is 19.9. The fraction of sp³-hybridized carbons (Fsp3) is 0.158. The Kier molecular flexibility index (Phi) is 6.33. The summed E-state index contributed by atoms with van der Waals surface area (Å²) < 4.78 is 6.99. The van der Waals surface area contributed by atoms with Crippen LogP contribution in [0.2, 0.25) is 5.02 Å². The average Bonchev–Trinajstić information content (AvgIpc) is 3.06. The van der Waals surface area contributed by atoms with Crippen molar-refractivity contribution in [2.45, 2.75) is 12.1 Å². The molecule has 1 aromatic heterocycles. The first-order chi connectivity index (χ1) is 13.5. The van der Waals surface area contributed by atoms with Crippen LogP contribution in [0.25, 0.3) is 11.4 Å². The molecule has 2 aromatic carbocycles. The first-order valence-electron chi connectivity index (χ1n) is 8.30. The van der Waals surface area contributed by atoms with Crippen LogP contribution in [-0.4, -0.2) is 32.7 Å². The van der Waals surface area contributed by atoms with E-state index in [1.165, 1.54) is 6.92 Å². The number of nitrogens with zero attached hydrogens (tertiary/aromatic N) is 4. The summed E-state index contributed by atoms with van der Waals surface area (Å²) >= 11 is 7.02. The number of methoxy groups -OCH3 is 1. The van der Waals surface area contributed by atoms with Gasteiger partial charge in [0.1, 0.15) is 5.75 Å². The second-order valence-electron chi connectivity index (χ2n) is 5.79. The number of anilines is 1. The maximum atomic E-state index is 12.0. The van der Waals surface area contributed by atoms with Crippen LogP contribution in [0.5, 0.6) is 5.75 Å². The summed E-state index contributed by atoms with van der Waals surface area (Å²) in [5.74, 6) is 1.26. The lowest BCUT2D eigenvalue weighted by atomic mass is 10.2. The lowest BCUT2D eigenvalue weighted by Gasteiger charge is -2.06. The van der Waals surface area contributed by atoms with Crippen LogP contribution in [0.4, 0.5) is 5.69 Å². The van der Waals surface area contributed by atoms with Crippen molar-refractivity contribution < 1.29 is 9.53 Å². The molecule has 7 nitrogen and oxygen atoms in total. The number of hydrazone groups is 1. The molecule has 0 atom stereocenters. The minimum absolute atomic E-state index is 0.180. The molecule has 0 radical (unpaired) electrons. The summed E-state index contributed by atoms with van der Waals surface area (Å²) in [4.78, 5) is 12.0. The third kappa shape index (κ3) is 4.71. The number of hydrogen-bond acceptors (Lipinski definition) is 7. The minimum atomic E-state index is -0.180. The zero-order valence-corrected chi connectivity index (χ0v) is 17.1. The SMILES string of the molecule is COc1ccc(-c2nnc(S/C(=N\Nc3ccc(Cl)cc3)C(C)=O)n2C)cc1. The molecule has 1 heterocycles. The molecule has 28 heavy (non-hydrogen) atoms. The van der Waals surface area contributed by atoms with E-state index in [1.807, 2.05) is 35.9 Å². The molecule has 0 spiro atoms. The number of aromatic nitrogens is 3. The summed E-state index contributed by atoms with van der Waals surface area (Å²) in [5.41, 5.74) is 4.48. The quantitative estimate of drug-likeness (QED) is 0.280. The first-order valence-corrected chi connectivity index (χ1v) is 9.49. The van der Waals surface area contributed by atoms with Gasteiger partial charge in [0, 0.05) is 24.6 Å². The predicted molar refractivity (Wildman–Crippen MR) is 112 cm³/mol. The van der Waals surface area contributed by atoms with Gasteiger partial charge in [-0.05, 0) is 60.3 Å². The van der Waals surface area contributed by atoms with E-state index in [4.69, 9.17) is 16.3 Å². The highest BCUT2D eigenvalue weighted by molar-refractivity contribution is 8.15. The molecule has 0 amide bonds. The Morgan fingerprint density at radius 3 is 2.43 bits per heavy atom. The number of ether oxygens (including phenoxy) is 1. The van der Waals surface area contributed by atoms with Crippen molar-refractivity contribution in [3.63, 3.8) is 0 Å². The van der Waals surface area contributed by atoms with Crippen molar-refractivity contribution in [3.05, 3.63) is 53.6 Å². The minimum Gasteiger partial charge on any atom is -0.497 e. The van der Waals surface area contributed by atoms with Crippen molar-refractivity contribution in [1.82, 2.24) is 14.8 Å². The van der Waals surface area contributed by atoms with Crippen LogP contribution < -0.4 is 10.2 Å². The van der Waals surface area contributed by atoms with Crippen molar-refractivity contribution in [2.24, 2.45) is 12.1 Å². The Morgan fingerprint density at radius 2 is 1.82 bits per heavy atom. The highest BCUT2D eigenvalue weighted by Crippen LogP contribution is 2.25. The molecule has 0 unspecified atom stereocenters. The highest BCUT2D eigenvalue weighted by Gasteiger charge is 2.16. The molecular formula is C19H18ClN5O2S.